The van der Waals surface area contributed by atoms with Crippen molar-refractivity contribution in [2.45, 2.75) is 13.0 Å². The van der Waals surface area contributed by atoms with Crippen LogP contribution in [0.4, 0.5) is 0 Å². The Balaban J connectivity index is 1.82. The van der Waals surface area contributed by atoms with Crippen LogP contribution in [-0.4, -0.2) is 37.5 Å². The van der Waals surface area contributed by atoms with E-state index in [9.17, 15) is 4.79 Å². The first-order chi connectivity index (χ1) is 7.75. The van der Waals surface area contributed by atoms with Gasteiger partial charge in [-0.05, 0) is 29.4 Å². The zero-order valence-electron chi connectivity index (χ0n) is 9.52. The molecular formula is C12H17NO2S. The molecule has 16 heavy (non-hydrogen) atoms. The van der Waals surface area contributed by atoms with Crippen LogP contribution in [-0.2, 0) is 16.1 Å². The third kappa shape index (κ3) is 3.14. The highest BCUT2D eigenvalue weighted by Gasteiger charge is 2.23. The summed E-state index contributed by atoms with van der Waals surface area (Å²) in [6.07, 6.45) is 0.580. The molecule has 0 aromatic carbocycles. The molecule has 1 saturated heterocycles. The van der Waals surface area contributed by atoms with E-state index in [1.165, 1.54) is 5.56 Å². The number of hydrogen-bond donors (Lipinski definition) is 0. The molecule has 0 spiro atoms. The SMILES string of the molecule is CN(Cc1ccsc1)CC1COCCC1=O. The molecule has 88 valence electrons. The maximum atomic E-state index is 11.6. The summed E-state index contributed by atoms with van der Waals surface area (Å²) in [5.41, 5.74) is 1.32. The molecule has 2 rings (SSSR count). The Morgan fingerprint density at radius 3 is 3.19 bits per heavy atom. The Kier molecular flexibility index (Phi) is 4.09. The van der Waals surface area contributed by atoms with Gasteiger partial charge in [-0.2, -0.15) is 11.3 Å². The summed E-state index contributed by atoms with van der Waals surface area (Å²) in [5, 5.41) is 4.23. The third-order valence-electron chi connectivity index (χ3n) is 2.83. The highest BCUT2D eigenvalue weighted by atomic mass is 32.1. The molecule has 3 nitrogen and oxygen atoms in total. The number of carbonyl (C=O) groups is 1. The van der Waals surface area contributed by atoms with Gasteiger partial charge in [0.15, 0.2) is 0 Å². The van der Waals surface area contributed by atoms with E-state index in [1.54, 1.807) is 11.3 Å². The lowest BCUT2D eigenvalue weighted by Gasteiger charge is -2.25. The van der Waals surface area contributed by atoms with Crippen molar-refractivity contribution in [2.75, 3.05) is 26.8 Å². The van der Waals surface area contributed by atoms with Crippen molar-refractivity contribution in [3.63, 3.8) is 0 Å². The number of Topliss-reactive ketones (excluding diaryl/α,β-unsaturated/α-hetero) is 1. The summed E-state index contributed by atoms with van der Waals surface area (Å²) in [5.74, 6) is 0.417. The fourth-order valence-corrected chi connectivity index (χ4v) is 2.64. The fourth-order valence-electron chi connectivity index (χ4n) is 1.99. The van der Waals surface area contributed by atoms with Crippen LogP contribution in [0, 0.1) is 5.92 Å². The first-order valence-corrected chi connectivity index (χ1v) is 6.50. The van der Waals surface area contributed by atoms with E-state index < -0.39 is 0 Å². The average Bonchev–Trinajstić information content (AvgIpc) is 2.74. The Morgan fingerprint density at radius 2 is 2.50 bits per heavy atom. The predicted octanol–water partition coefficient (Wildman–Crippen LogP) is 1.79. The molecule has 1 atom stereocenters. The van der Waals surface area contributed by atoms with E-state index in [0.717, 1.165) is 13.1 Å². The van der Waals surface area contributed by atoms with E-state index in [0.29, 0.717) is 25.4 Å². The van der Waals surface area contributed by atoms with E-state index in [4.69, 9.17) is 4.74 Å². The number of ketones is 1. The molecule has 0 saturated carbocycles. The number of ether oxygens (including phenoxy) is 1. The Morgan fingerprint density at radius 1 is 1.62 bits per heavy atom. The lowest BCUT2D eigenvalue weighted by molar-refractivity contribution is -0.131. The van der Waals surface area contributed by atoms with Crippen LogP contribution in [0.25, 0.3) is 0 Å². The van der Waals surface area contributed by atoms with Gasteiger partial charge in [-0.3, -0.25) is 4.79 Å². The van der Waals surface area contributed by atoms with Crippen molar-refractivity contribution in [3.05, 3.63) is 22.4 Å². The maximum Gasteiger partial charge on any atom is 0.141 e. The predicted molar refractivity (Wildman–Crippen MR) is 64.6 cm³/mol. The number of carbonyl (C=O) groups excluding carboxylic acids is 1. The summed E-state index contributed by atoms with van der Waals surface area (Å²) in [7, 11) is 2.06. The summed E-state index contributed by atoms with van der Waals surface area (Å²) in [6.45, 7) is 2.90. The lowest BCUT2D eigenvalue weighted by atomic mass is 10.00. The first kappa shape index (κ1) is 11.8. The molecule has 0 N–H and O–H groups in total. The molecule has 1 aliphatic rings. The molecule has 0 radical (unpaired) electrons. The maximum absolute atomic E-state index is 11.6. The summed E-state index contributed by atoms with van der Waals surface area (Å²) < 4.78 is 5.34. The second-order valence-corrected chi connectivity index (χ2v) is 5.10. The second-order valence-electron chi connectivity index (χ2n) is 4.32. The first-order valence-electron chi connectivity index (χ1n) is 5.56. The standard InChI is InChI=1S/C12H17NO2S/c1-13(6-10-3-5-16-9-10)7-11-8-15-4-2-12(11)14/h3,5,9,11H,2,4,6-8H2,1H3. The topological polar surface area (TPSA) is 29.5 Å². The molecule has 1 aromatic heterocycles. The smallest absolute Gasteiger partial charge is 0.141 e. The largest absolute Gasteiger partial charge is 0.380 e. The zero-order valence-corrected chi connectivity index (χ0v) is 10.3. The van der Waals surface area contributed by atoms with Gasteiger partial charge >= 0.3 is 0 Å². The quantitative estimate of drug-likeness (QED) is 0.802. The average molecular weight is 239 g/mol. The number of hydrogen-bond acceptors (Lipinski definition) is 4. The van der Waals surface area contributed by atoms with Gasteiger partial charge in [0, 0.05) is 19.5 Å². The fraction of sp³-hybridized carbons (Fsp3) is 0.583. The molecule has 4 heteroatoms. The van der Waals surface area contributed by atoms with Crippen LogP contribution in [0.2, 0.25) is 0 Å². The molecule has 0 bridgehead atoms. The molecule has 0 amide bonds. The summed E-state index contributed by atoms with van der Waals surface area (Å²) in [6, 6.07) is 2.13. The molecule has 1 aliphatic heterocycles. The van der Waals surface area contributed by atoms with Gasteiger partial charge in [-0.25, -0.2) is 0 Å². The van der Waals surface area contributed by atoms with Crippen molar-refractivity contribution < 1.29 is 9.53 Å². The van der Waals surface area contributed by atoms with E-state index in [1.807, 2.05) is 0 Å². The number of nitrogens with zero attached hydrogens (tertiary/aromatic N) is 1. The minimum Gasteiger partial charge on any atom is -0.380 e. The van der Waals surface area contributed by atoms with Crippen molar-refractivity contribution in [2.24, 2.45) is 5.92 Å². The second kappa shape index (κ2) is 5.57. The Labute approximate surface area is 100 Å². The monoisotopic (exact) mass is 239 g/mol. The number of rotatable bonds is 4. The molecule has 0 aliphatic carbocycles. The van der Waals surface area contributed by atoms with Gasteiger partial charge < -0.3 is 9.64 Å². The molecular weight excluding hydrogens is 222 g/mol. The van der Waals surface area contributed by atoms with Gasteiger partial charge in [0.25, 0.3) is 0 Å². The van der Waals surface area contributed by atoms with E-state index in [2.05, 4.69) is 28.8 Å². The molecule has 1 fully saturated rings. The van der Waals surface area contributed by atoms with Crippen LogP contribution in [0.5, 0.6) is 0 Å². The van der Waals surface area contributed by atoms with Crippen LogP contribution < -0.4 is 0 Å². The summed E-state index contributed by atoms with van der Waals surface area (Å²) in [4.78, 5) is 13.8. The van der Waals surface area contributed by atoms with Crippen LogP contribution in [0.3, 0.4) is 0 Å². The van der Waals surface area contributed by atoms with Gasteiger partial charge in [-0.1, -0.05) is 0 Å². The number of thiophene rings is 1. The van der Waals surface area contributed by atoms with E-state index >= 15 is 0 Å². The highest BCUT2D eigenvalue weighted by Crippen LogP contribution is 2.13. The van der Waals surface area contributed by atoms with Crippen LogP contribution in [0.15, 0.2) is 16.8 Å². The van der Waals surface area contributed by atoms with Crippen LogP contribution >= 0.6 is 11.3 Å². The zero-order chi connectivity index (χ0) is 11.4. The van der Waals surface area contributed by atoms with Gasteiger partial charge in [0.1, 0.15) is 5.78 Å². The highest BCUT2D eigenvalue weighted by molar-refractivity contribution is 7.07. The normalized spacial score (nSPS) is 21.6. The molecule has 1 unspecified atom stereocenters. The van der Waals surface area contributed by atoms with Crippen molar-refractivity contribution in [1.82, 2.24) is 4.90 Å². The molecule has 1 aromatic rings. The lowest BCUT2D eigenvalue weighted by Crippen LogP contribution is -2.36. The Hall–Kier alpha value is -0.710. The summed E-state index contributed by atoms with van der Waals surface area (Å²) >= 11 is 1.71. The third-order valence-corrected chi connectivity index (χ3v) is 3.56. The Bertz CT molecular complexity index is 337. The van der Waals surface area contributed by atoms with Gasteiger partial charge in [0.05, 0.1) is 19.1 Å². The minimum atomic E-state index is 0.0670. The minimum absolute atomic E-state index is 0.0670. The van der Waals surface area contributed by atoms with Gasteiger partial charge in [-0.15, -0.1) is 0 Å². The van der Waals surface area contributed by atoms with E-state index in [-0.39, 0.29) is 5.92 Å². The molecule has 2 heterocycles. The van der Waals surface area contributed by atoms with Crippen molar-refractivity contribution >= 4 is 17.1 Å². The van der Waals surface area contributed by atoms with Crippen LogP contribution in [0.1, 0.15) is 12.0 Å². The van der Waals surface area contributed by atoms with Crippen molar-refractivity contribution in [3.8, 4) is 0 Å². The van der Waals surface area contributed by atoms with Gasteiger partial charge in [0.2, 0.25) is 0 Å². The van der Waals surface area contributed by atoms with Crippen molar-refractivity contribution in [1.29, 1.82) is 0 Å².